The maximum Gasteiger partial charge on any atom is 0.338 e. The minimum Gasteiger partial charge on any atom is -0.496 e. The summed E-state index contributed by atoms with van der Waals surface area (Å²) in [6.45, 7) is 8.38. The number of methoxy groups -OCH3 is 2. The van der Waals surface area contributed by atoms with Gasteiger partial charge in [0.15, 0.2) is 5.17 Å². The molecule has 0 bridgehead atoms. The van der Waals surface area contributed by atoms with Gasteiger partial charge in [0.25, 0.3) is 0 Å². The minimum atomic E-state index is -0.489. The molecule has 1 aromatic rings. The maximum absolute atomic E-state index is 13.2. The van der Waals surface area contributed by atoms with E-state index in [0.29, 0.717) is 23.4 Å². The second kappa shape index (κ2) is 10.7. The Kier molecular flexibility index (Phi) is 7.63. The number of para-hydroxylation sites is 1. The monoisotopic (exact) mass is 484 g/mol. The number of amidine groups is 1. The largest absolute Gasteiger partial charge is 0.496 e. The Hall–Kier alpha value is -2.78. The summed E-state index contributed by atoms with van der Waals surface area (Å²) >= 11 is 1.49. The van der Waals surface area contributed by atoms with E-state index in [1.807, 2.05) is 46.4 Å². The van der Waals surface area contributed by atoms with Crippen molar-refractivity contribution in [3.8, 4) is 5.75 Å². The molecule has 0 spiro atoms. The number of hydrogen-bond acceptors (Lipinski definition) is 8. The van der Waals surface area contributed by atoms with Gasteiger partial charge < -0.3 is 24.2 Å². The van der Waals surface area contributed by atoms with Crippen molar-refractivity contribution in [2.75, 3.05) is 46.9 Å². The average Bonchev–Trinajstić information content (AvgIpc) is 3.29. The summed E-state index contributed by atoms with van der Waals surface area (Å²) in [5.74, 6) is 0.338. The van der Waals surface area contributed by atoms with E-state index in [1.54, 1.807) is 7.11 Å². The Morgan fingerprint density at radius 1 is 1.12 bits per heavy atom. The highest BCUT2D eigenvalue weighted by atomic mass is 32.2. The lowest BCUT2D eigenvalue weighted by Gasteiger charge is -2.38. The van der Waals surface area contributed by atoms with Crippen molar-refractivity contribution in [1.29, 1.82) is 0 Å². The van der Waals surface area contributed by atoms with Crippen LogP contribution in [0.3, 0.4) is 0 Å². The van der Waals surface area contributed by atoms with Gasteiger partial charge in [0.2, 0.25) is 5.91 Å². The predicted octanol–water partition coefficient (Wildman–Crippen LogP) is 3.39. The normalized spacial score (nSPS) is 20.6. The molecule has 1 atom stereocenters. The maximum atomic E-state index is 13.2. The molecule has 0 aromatic heterocycles. The Labute approximate surface area is 205 Å². The second-order valence-corrected chi connectivity index (χ2v) is 9.17. The zero-order valence-corrected chi connectivity index (χ0v) is 21.1. The smallest absolute Gasteiger partial charge is 0.338 e. The van der Waals surface area contributed by atoms with Crippen LogP contribution in [0.15, 0.2) is 51.6 Å². The SMILES string of the molecule is CCC1=C(C(=O)OC)[C@H](c2ccccc2OC)N2C(CC(=O)N3CCN(CC)CC3)=CSC2=N1. The molecular formula is C25H32N4O4S. The van der Waals surface area contributed by atoms with Crippen LogP contribution < -0.4 is 4.74 Å². The van der Waals surface area contributed by atoms with Gasteiger partial charge >= 0.3 is 5.97 Å². The van der Waals surface area contributed by atoms with Crippen LogP contribution in [0.5, 0.6) is 5.75 Å². The summed E-state index contributed by atoms with van der Waals surface area (Å²) in [5.41, 5.74) is 2.84. The van der Waals surface area contributed by atoms with Crippen molar-refractivity contribution >= 4 is 28.8 Å². The van der Waals surface area contributed by atoms with Gasteiger partial charge in [0.1, 0.15) is 5.75 Å². The third kappa shape index (κ3) is 4.59. The highest BCUT2D eigenvalue weighted by Gasteiger charge is 2.42. The molecule has 1 fully saturated rings. The van der Waals surface area contributed by atoms with E-state index < -0.39 is 12.0 Å². The van der Waals surface area contributed by atoms with Gasteiger partial charge in [-0.3, -0.25) is 4.79 Å². The molecule has 3 aliphatic rings. The number of benzene rings is 1. The number of fused-ring (bicyclic) bond motifs is 1. The van der Waals surface area contributed by atoms with Gasteiger partial charge in [-0.1, -0.05) is 43.8 Å². The van der Waals surface area contributed by atoms with Crippen molar-refractivity contribution in [2.45, 2.75) is 32.7 Å². The van der Waals surface area contributed by atoms with Crippen LogP contribution in [0.4, 0.5) is 0 Å². The summed E-state index contributed by atoms with van der Waals surface area (Å²) in [6, 6.07) is 7.17. The van der Waals surface area contributed by atoms with Crippen LogP contribution in [-0.4, -0.2) is 78.7 Å². The van der Waals surface area contributed by atoms with E-state index in [4.69, 9.17) is 14.5 Å². The zero-order chi connectivity index (χ0) is 24.2. The first-order chi connectivity index (χ1) is 16.5. The lowest BCUT2D eigenvalue weighted by atomic mass is 9.92. The summed E-state index contributed by atoms with van der Waals surface area (Å²) in [5, 5.41) is 2.74. The zero-order valence-electron chi connectivity index (χ0n) is 20.2. The number of ether oxygens (including phenoxy) is 2. The number of likely N-dealkylation sites (N-methyl/N-ethyl adjacent to an activating group) is 1. The number of allylic oxidation sites excluding steroid dienone is 1. The van der Waals surface area contributed by atoms with Crippen molar-refractivity contribution < 1.29 is 19.1 Å². The van der Waals surface area contributed by atoms with Crippen LogP contribution in [0.25, 0.3) is 0 Å². The average molecular weight is 485 g/mol. The van der Waals surface area contributed by atoms with Crippen LogP contribution in [0, 0.1) is 0 Å². The first kappa shape index (κ1) is 24.3. The molecule has 0 radical (unpaired) electrons. The first-order valence-electron chi connectivity index (χ1n) is 11.7. The van der Waals surface area contributed by atoms with Gasteiger partial charge in [0.05, 0.1) is 38.0 Å². The van der Waals surface area contributed by atoms with E-state index in [0.717, 1.165) is 49.2 Å². The van der Waals surface area contributed by atoms with E-state index >= 15 is 0 Å². The van der Waals surface area contributed by atoms with Gasteiger partial charge in [-0.15, -0.1) is 0 Å². The van der Waals surface area contributed by atoms with Crippen LogP contribution in [0.1, 0.15) is 38.3 Å². The Balaban J connectivity index is 1.69. The summed E-state index contributed by atoms with van der Waals surface area (Å²) in [6.07, 6.45) is 0.837. The summed E-state index contributed by atoms with van der Waals surface area (Å²) < 4.78 is 10.9. The molecule has 182 valence electrons. The molecule has 3 heterocycles. The second-order valence-electron chi connectivity index (χ2n) is 8.33. The number of hydrogen-bond donors (Lipinski definition) is 0. The lowest BCUT2D eigenvalue weighted by molar-refractivity contribution is -0.136. The van der Waals surface area contributed by atoms with E-state index in [1.165, 1.54) is 18.9 Å². The highest BCUT2D eigenvalue weighted by Crippen LogP contribution is 2.47. The number of carbonyl (C=O) groups excluding carboxylic acids is 2. The fourth-order valence-electron chi connectivity index (χ4n) is 4.68. The molecule has 3 aliphatic heterocycles. The molecular weight excluding hydrogens is 452 g/mol. The molecule has 0 saturated carbocycles. The third-order valence-corrected chi connectivity index (χ3v) is 7.46. The Bertz CT molecular complexity index is 1040. The number of carbonyl (C=O) groups is 2. The fraction of sp³-hybridized carbons (Fsp3) is 0.480. The van der Waals surface area contributed by atoms with Crippen molar-refractivity contribution in [1.82, 2.24) is 14.7 Å². The molecule has 34 heavy (non-hydrogen) atoms. The van der Waals surface area contributed by atoms with Gasteiger partial charge in [-0.25, -0.2) is 9.79 Å². The van der Waals surface area contributed by atoms with Crippen molar-refractivity contribution in [3.05, 3.63) is 52.2 Å². The molecule has 8 nitrogen and oxygen atoms in total. The number of nitrogens with zero attached hydrogens (tertiary/aromatic N) is 4. The van der Waals surface area contributed by atoms with Gasteiger partial charge in [-0.2, -0.15) is 0 Å². The molecule has 1 aromatic carbocycles. The summed E-state index contributed by atoms with van der Waals surface area (Å²) in [7, 11) is 3.00. The fourth-order valence-corrected chi connectivity index (χ4v) is 5.62. The Morgan fingerprint density at radius 2 is 1.85 bits per heavy atom. The third-order valence-electron chi connectivity index (χ3n) is 6.57. The number of rotatable bonds is 7. The number of aliphatic imine (C=N–C) groups is 1. The number of thioether (sulfide) groups is 1. The van der Waals surface area contributed by atoms with E-state index in [-0.39, 0.29) is 12.3 Å². The molecule has 0 aliphatic carbocycles. The van der Waals surface area contributed by atoms with Crippen molar-refractivity contribution in [2.24, 2.45) is 4.99 Å². The van der Waals surface area contributed by atoms with Crippen molar-refractivity contribution in [3.63, 3.8) is 0 Å². The molecule has 1 amide bonds. The molecule has 4 rings (SSSR count). The minimum absolute atomic E-state index is 0.0903. The van der Waals surface area contributed by atoms with E-state index in [9.17, 15) is 9.59 Å². The molecule has 9 heteroatoms. The lowest BCUT2D eigenvalue weighted by Crippen LogP contribution is -2.49. The molecule has 1 saturated heterocycles. The topological polar surface area (TPSA) is 74.7 Å². The standard InChI is InChI=1S/C25H32N4O4S/c1-5-19-22(24(31)33-4)23(18-9-7-8-10-20(18)32-3)29-17(16-34-25(29)26-19)15-21(30)28-13-11-27(6-2)12-14-28/h7-10,16,23H,5-6,11-15H2,1-4H3/t23-/m0/s1. The van der Waals surface area contributed by atoms with Gasteiger partial charge in [0, 0.05) is 37.4 Å². The van der Waals surface area contributed by atoms with E-state index in [2.05, 4.69) is 11.8 Å². The number of esters is 1. The number of amides is 1. The molecule has 0 N–H and O–H groups in total. The van der Waals surface area contributed by atoms with Crippen LogP contribution in [-0.2, 0) is 14.3 Å². The Morgan fingerprint density at radius 3 is 2.50 bits per heavy atom. The van der Waals surface area contributed by atoms with Crippen LogP contribution >= 0.6 is 11.8 Å². The predicted molar refractivity (Wildman–Crippen MR) is 133 cm³/mol. The number of piperazine rings is 1. The first-order valence-corrected chi connectivity index (χ1v) is 12.6. The quantitative estimate of drug-likeness (QED) is 0.549. The highest BCUT2D eigenvalue weighted by molar-refractivity contribution is 8.16. The van der Waals surface area contributed by atoms with Gasteiger partial charge in [-0.05, 0) is 24.4 Å². The summed E-state index contributed by atoms with van der Waals surface area (Å²) in [4.78, 5) is 37.4. The van der Waals surface area contributed by atoms with Crippen LogP contribution in [0.2, 0.25) is 0 Å². The molecule has 0 unspecified atom stereocenters.